The molecule has 0 unspecified atom stereocenters. The number of amides is 2. The molecule has 6 rings (SSSR count). The van der Waals surface area contributed by atoms with E-state index in [0.717, 1.165) is 11.1 Å². The van der Waals surface area contributed by atoms with Crippen molar-refractivity contribution in [3.63, 3.8) is 0 Å². The Bertz CT molecular complexity index is 1280. The van der Waals surface area contributed by atoms with Crippen LogP contribution in [0.4, 0.5) is 11.4 Å². The van der Waals surface area contributed by atoms with Gasteiger partial charge < -0.3 is 18.9 Å². The summed E-state index contributed by atoms with van der Waals surface area (Å²) in [5.41, 5.74) is 2.79. The van der Waals surface area contributed by atoms with E-state index in [4.69, 9.17) is 23.8 Å². The van der Waals surface area contributed by atoms with Crippen LogP contribution in [0.5, 0.6) is 0 Å². The summed E-state index contributed by atoms with van der Waals surface area (Å²) in [7, 11) is 0. The van der Waals surface area contributed by atoms with E-state index in [9.17, 15) is 14.4 Å². The number of hydrogen-bond donors (Lipinski definition) is 0. The largest absolute Gasteiger partial charge is 0.457 e. The lowest BCUT2D eigenvalue weighted by Crippen LogP contribution is -2.53. The lowest BCUT2D eigenvalue weighted by Gasteiger charge is -2.35. The van der Waals surface area contributed by atoms with Crippen molar-refractivity contribution in [2.24, 2.45) is 5.92 Å². The lowest BCUT2D eigenvalue weighted by molar-refractivity contribution is -0.221. The van der Waals surface area contributed by atoms with Crippen molar-refractivity contribution in [2.45, 2.75) is 77.2 Å². The Morgan fingerprint density at radius 2 is 1.61 bits per heavy atom. The van der Waals surface area contributed by atoms with E-state index in [2.05, 4.69) is 0 Å². The molecule has 0 saturated carbocycles. The molecular formula is C28H30N2O8. The molecule has 0 aliphatic carbocycles. The predicted octanol–water partition coefficient (Wildman–Crippen LogP) is 2.79. The van der Waals surface area contributed by atoms with Crippen LogP contribution in [0.2, 0.25) is 0 Å². The highest BCUT2D eigenvalue weighted by molar-refractivity contribution is 6.24. The highest BCUT2D eigenvalue weighted by Gasteiger charge is 2.67. The number of hydrogen-bond acceptors (Lipinski definition) is 9. The smallest absolute Gasteiger partial charge is 0.303 e. The van der Waals surface area contributed by atoms with Gasteiger partial charge in [-0.1, -0.05) is 36.4 Å². The van der Waals surface area contributed by atoms with Gasteiger partial charge in [0.15, 0.2) is 30.4 Å². The average Bonchev–Trinajstić information content (AvgIpc) is 3.54. The number of esters is 1. The molecular weight excluding hydrogens is 492 g/mol. The summed E-state index contributed by atoms with van der Waals surface area (Å²) in [6.45, 7) is 8.53. The SMILES string of the molecule is CC(=O)O[C@@H]1[C@H]2OC(C)(C)O[C@H]2O[C@@H]1[C@@H]1[C@H]2C(=O)N(c3c(C)cccc3C)C(=O)[C@H]2ON1c1ccccc1. The molecule has 10 nitrogen and oxygen atoms in total. The second kappa shape index (κ2) is 8.88. The van der Waals surface area contributed by atoms with Crippen molar-refractivity contribution in [2.75, 3.05) is 9.96 Å². The summed E-state index contributed by atoms with van der Waals surface area (Å²) < 4.78 is 24.0. The van der Waals surface area contributed by atoms with Gasteiger partial charge in [0.05, 0.1) is 11.4 Å². The van der Waals surface area contributed by atoms with Crippen LogP contribution in [0, 0.1) is 19.8 Å². The number of nitrogens with zero attached hydrogens (tertiary/aromatic N) is 2. The van der Waals surface area contributed by atoms with E-state index in [0.29, 0.717) is 11.4 Å². The molecule has 0 aromatic heterocycles. The van der Waals surface area contributed by atoms with Gasteiger partial charge in [-0.05, 0) is 51.0 Å². The average molecular weight is 523 g/mol. The number of carbonyl (C=O) groups is 3. The number of imide groups is 1. The number of carbonyl (C=O) groups excluding carboxylic acids is 3. The molecule has 0 bridgehead atoms. The number of hydroxylamine groups is 1. The van der Waals surface area contributed by atoms with Crippen molar-refractivity contribution in [3.8, 4) is 0 Å². The zero-order valence-corrected chi connectivity index (χ0v) is 21.8. The van der Waals surface area contributed by atoms with Crippen LogP contribution in [0.15, 0.2) is 48.5 Å². The second-order valence-corrected chi connectivity index (χ2v) is 10.6. The Kier molecular flexibility index (Phi) is 5.84. The maximum Gasteiger partial charge on any atom is 0.303 e. The van der Waals surface area contributed by atoms with Gasteiger partial charge in [0.2, 0.25) is 5.91 Å². The number of rotatable bonds is 4. The molecule has 0 spiro atoms. The lowest BCUT2D eigenvalue weighted by atomic mass is 9.89. The summed E-state index contributed by atoms with van der Waals surface area (Å²) in [5.74, 6) is -3.23. The van der Waals surface area contributed by atoms with Crippen LogP contribution in [-0.4, -0.2) is 60.3 Å². The van der Waals surface area contributed by atoms with Crippen LogP contribution < -0.4 is 9.96 Å². The Hall–Kier alpha value is -3.31. The minimum Gasteiger partial charge on any atom is -0.457 e. The van der Waals surface area contributed by atoms with Crippen molar-refractivity contribution >= 4 is 29.2 Å². The molecule has 38 heavy (non-hydrogen) atoms. The summed E-state index contributed by atoms with van der Waals surface area (Å²) >= 11 is 0. The number of fused-ring (bicyclic) bond motifs is 2. The van der Waals surface area contributed by atoms with Gasteiger partial charge in [0.25, 0.3) is 5.91 Å². The standard InChI is InChI=1S/C28H30N2O8/c1-14-10-9-11-15(2)19(14)29-25(32)18-20(30(38-21(18)26(29)33)17-12-7-6-8-13-17)22-23(34-16(3)31)24-27(35-22)37-28(4,5)36-24/h6-13,18,20-24,27H,1-5H3/t18-,20+,21+,22-,23+,24-,27-/m1/s1. The third kappa shape index (κ3) is 3.82. The summed E-state index contributed by atoms with van der Waals surface area (Å²) in [6, 6.07) is 14.0. The quantitative estimate of drug-likeness (QED) is 0.443. The first-order valence-electron chi connectivity index (χ1n) is 12.7. The fraction of sp³-hybridized carbons (Fsp3) is 0.464. The molecule has 10 heteroatoms. The summed E-state index contributed by atoms with van der Waals surface area (Å²) in [4.78, 5) is 47.5. The first kappa shape index (κ1) is 25.0. The molecule has 4 saturated heterocycles. The van der Waals surface area contributed by atoms with Gasteiger partial charge >= 0.3 is 5.97 Å². The molecule has 4 heterocycles. The van der Waals surface area contributed by atoms with Crippen LogP contribution in [-0.2, 0) is 38.2 Å². The molecule has 2 aromatic carbocycles. The highest BCUT2D eigenvalue weighted by Crippen LogP contribution is 2.48. The first-order chi connectivity index (χ1) is 18.1. The number of aryl methyl sites for hydroxylation is 2. The molecule has 4 aliphatic rings. The van der Waals surface area contributed by atoms with Crippen LogP contribution >= 0.6 is 0 Å². The van der Waals surface area contributed by atoms with E-state index >= 15 is 0 Å². The predicted molar refractivity (Wildman–Crippen MR) is 134 cm³/mol. The van der Waals surface area contributed by atoms with Crippen LogP contribution in [0.3, 0.4) is 0 Å². The van der Waals surface area contributed by atoms with Crippen molar-refractivity contribution in [3.05, 3.63) is 59.7 Å². The summed E-state index contributed by atoms with van der Waals surface area (Å²) in [6.07, 6.45) is -4.38. The third-order valence-corrected chi connectivity index (χ3v) is 7.50. The fourth-order valence-corrected chi connectivity index (χ4v) is 6.07. The van der Waals surface area contributed by atoms with E-state index in [1.807, 2.05) is 62.4 Å². The van der Waals surface area contributed by atoms with Gasteiger partial charge in [0, 0.05) is 6.92 Å². The minimum absolute atomic E-state index is 0.398. The molecule has 4 fully saturated rings. The molecule has 0 radical (unpaired) electrons. The number of anilines is 2. The number of para-hydroxylation sites is 2. The van der Waals surface area contributed by atoms with Crippen LogP contribution in [0.1, 0.15) is 31.9 Å². The topological polar surface area (TPSA) is 104 Å². The normalized spacial score (nSPS) is 33.6. The fourth-order valence-electron chi connectivity index (χ4n) is 6.07. The molecule has 0 N–H and O–H groups in total. The Labute approximate surface area is 220 Å². The zero-order chi connectivity index (χ0) is 26.9. The number of benzene rings is 2. The van der Waals surface area contributed by atoms with Gasteiger partial charge in [-0.2, -0.15) is 0 Å². The highest BCUT2D eigenvalue weighted by atomic mass is 16.8. The molecule has 2 aromatic rings. The third-order valence-electron chi connectivity index (χ3n) is 7.50. The van der Waals surface area contributed by atoms with Crippen molar-refractivity contribution in [1.82, 2.24) is 0 Å². The Balaban J connectivity index is 1.43. The van der Waals surface area contributed by atoms with E-state index in [1.54, 1.807) is 18.9 Å². The monoisotopic (exact) mass is 522 g/mol. The maximum absolute atomic E-state index is 14.1. The van der Waals surface area contributed by atoms with Gasteiger partial charge in [-0.25, -0.2) is 9.96 Å². The zero-order valence-electron chi connectivity index (χ0n) is 21.8. The second-order valence-electron chi connectivity index (χ2n) is 10.6. The molecule has 2 amide bonds. The number of ether oxygens (including phenoxy) is 4. The molecule has 4 aliphatic heterocycles. The molecule has 7 atom stereocenters. The molecule has 200 valence electrons. The maximum atomic E-state index is 14.1. The van der Waals surface area contributed by atoms with Gasteiger partial charge in [-0.15, -0.1) is 0 Å². The van der Waals surface area contributed by atoms with E-state index in [-0.39, 0.29) is 0 Å². The van der Waals surface area contributed by atoms with Gasteiger partial charge in [0.1, 0.15) is 18.1 Å². The van der Waals surface area contributed by atoms with Crippen LogP contribution in [0.25, 0.3) is 0 Å². The van der Waals surface area contributed by atoms with Crippen molar-refractivity contribution in [1.29, 1.82) is 0 Å². The minimum atomic E-state index is -1.08. The summed E-state index contributed by atoms with van der Waals surface area (Å²) in [5, 5.41) is 1.54. The van der Waals surface area contributed by atoms with Crippen molar-refractivity contribution < 1.29 is 38.2 Å². The van der Waals surface area contributed by atoms with Gasteiger partial charge in [-0.3, -0.25) is 19.2 Å². The Morgan fingerprint density at radius 3 is 2.26 bits per heavy atom. The first-order valence-corrected chi connectivity index (χ1v) is 12.7. The van der Waals surface area contributed by atoms with E-state index in [1.165, 1.54) is 11.8 Å². The Morgan fingerprint density at radius 1 is 0.921 bits per heavy atom. The van der Waals surface area contributed by atoms with E-state index < -0.39 is 66.2 Å².